The van der Waals surface area contributed by atoms with Crippen LogP contribution < -0.4 is 9.62 Å². The van der Waals surface area contributed by atoms with Gasteiger partial charge in [0, 0.05) is 37.6 Å². The number of carbonyl (C=O) groups is 2. The van der Waals surface area contributed by atoms with Crippen LogP contribution >= 0.6 is 11.6 Å². The highest BCUT2D eigenvalue weighted by atomic mass is 35.5. The molecule has 1 atom stereocenters. The summed E-state index contributed by atoms with van der Waals surface area (Å²) >= 11 is 6.28. The van der Waals surface area contributed by atoms with Crippen molar-refractivity contribution < 1.29 is 18.0 Å². The first-order chi connectivity index (χ1) is 19.6. The van der Waals surface area contributed by atoms with E-state index in [9.17, 15) is 18.0 Å². The second kappa shape index (κ2) is 13.7. The largest absolute Gasteiger partial charge is 0.350 e. The third kappa shape index (κ3) is 8.80. The van der Waals surface area contributed by atoms with Gasteiger partial charge in [0.25, 0.3) is 0 Å². The summed E-state index contributed by atoms with van der Waals surface area (Å²) < 4.78 is 29.4. The van der Waals surface area contributed by atoms with Crippen LogP contribution in [0.1, 0.15) is 43.0 Å². The van der Waals surface area contributed by atoms with Gasteiger partial charge in [-0.15, -0.1) is 0 Å². The van der Waals surface area contributed by atoms with Crippen LogP contribution in [0, 0.1) is 13.8 Å². The highest BCUT2D eigenvalue weighted by Crippen LogP contribution is 2.26. The summed E-state index contributed by atoms with van der Waals surface area (Å²) in [5.74, 6) is -0.859. The minimum atomic E-state index is -4.08. The molecule has 0 unspecified atom stereocenters. The number of rotatable bonds is 11. The summed E-state index contributed by atoms with van der Waals surface area (Å²) in [4.78, 5) is 29.7. The normalized spacial score (nSPS) is 12.6. The van der Waals surface area contributed by atoms with Crippen molar-refractivity contribution >= 4 is 39.3 Å². The van der Waals surface area contributed by atoms with E-state index in [0.29, 0.717) is 21.8 Å². The van der Waals surface area contributed by atoms with Gasteiger partial charge in [-0.25, -0.2) is 4.31 Å². The van der Waals surface area contributed by atoms with Crippen molar-refractivity contribution in [2.24, 2.45) is 0 Å². The minimum absolute atomic E-state index is 0.0527. The second-order valence-electron chi connectivity index (χ2n) is 11.7. The number of hydrogen-bond donors (Lipinski definition) is 1. The molecule has 8 nitrogen and oxygen atoms in total. The molecular weight excluding hydrogens is 572 g/mol. The zero-order valence-electron chi connectivity index (χ0n) is 25.4. The number of nitrogens with zero attached hydrogens (tertiary/aromatic N) is 3. The van der Waals surface area contributed by atoms with Crippen LogP contribution in [-0.4, -0.2) is 61.7 Å². The lowest BCUT2D eigenvalue weighted by molar-refractivity contribution is -0.140. The Bertz CT molecular complexity index is 1500. The quantitative estimate of drug-likeness (QED) is 0.325. The fraction of sp³-hybridized carbons (Fsp3) is 0.375. The van der Waals surface area contributed by atoms with Crippen molar-refractivity contribution in [2.75, 3.05) is 24.9 Å². The van der Waals surface area contributed by atoms with Gasteiger partial charge in [0.15, 0.2) is 0 Å². The Morgan fingerprint density at radius 3 is 2.14 bits per heavy atom. The molecule has 3 aromatic carbocycles. The smallest absolute Gasteiger partial charge is 0.304 e. The lowest BCUT2D eigenvalue weighted by atomic mass is 10.0. The van der Waals surface area contributed by atoms with E-state index < -0.39 is 34.2 Å². The van der Waals surface area contributed by atoms with E-state index in [1.54, 1.807) is 31.2 Å². The third-order valence-corrected chi connectivity index (χ3v) is 8.70. The number of hydrogen-bond acceptors (Lipinski definition) is 4. The van der Waals surface area contributed by atoms with Crippen molar-refractivity contribution in [3.8, 4) is 0 Å². The fourth-order valence-corrected chi connectivity index (χ4v) is 5.85. The summed E-state index contributed by atoms with van der Waals surface area (Å²) in [6, 6.07) is 21.1. The first-order valence-electron chi connectivity index (χ1n) is 13.8. The molecule has 0 fully saturated rings. The van der Waals surface area contributed by atoms with Gasteiger partial charge in [-0.05, 0) is 75.1 Å². The van der Waals surface area contributed by atoms with Crippen LogP contribution in [0.3, 0.4) is 0 Å². The number of benzene rings is 3. The molecule has 0 heterocycles. The minimum Gasteiger partial charge on any atom is -0.350 e. The van der Waals surface area contributed by atoms with Gasteiger partial charge in [-0.3, -0.25) is 9.59 Å². The predicted octanol–water partition coefficient (Wildman–Crippen LogP) is 5.12. The number of carbonyl (C=O) groups excluding carboxylic acids is 2. The molecule has 3 rings (SSSR count). The van der Waals surface area contributed by atoms with Gasteiger partial charge in [0.05, 0.1) is 5.69 Å². The van der Waals surface area contributed by atoms with Gasteiger partial charge < -0.3 is 10.2 Å². The standard InChI is InChI=1S/C32H41ClN4O4S/c1-23-16-17-24(2)28(18-23)37(42(40,41)35(6)7)22-30(38)36(21-26-14-11-15-27(33)19-26)29(31(39)34-32(3,4)5)20-25-12-9-8-10-13-25/h8-19,29H,20-22H2,1-7H3,(H,34,39)/t29-/m0/s1. The van der Waals surface area contributed by atoms with Crippen molar-refractivity contribution in [3.63, 3.8) is 0 Å². The van der Waals surface area contributed by atoms with Gasteiger partial charge in [0.2, 0.25) is 11.8 Å². The van der Waals surface area contributed by atoms with Crippen LogP contribution in [0.2, 0.25) is 5.02 Å². The second-order valence-corrected chi connectivity index (χ2v) is 14.2. The Balaban J connectivity index is 2.15. The van der Waals surface area contributed by atoms with Crippen molar-refractivity contribution in [2.45, 2.75) is 59.2 Å². The average molecular weight is 613 g/mol. The number of amides is 2. The molecule has 0 radical (unpaired) electrons. The molecule has 3 aromatic rings. The van der Waals surface area contributed by atoms with Gasteiger partial charge in [-0.2, -0.15) is 12.7 Å². The van der Waals surface area contributed by atoms with Crippen LogP contribution in [0.4, 0.5) is 5.69 Å². The molecule has 226 valence electrons. The molecule has 0 aromatic heterocycles. The first kappa shape index (κ1) is 33.1. The maximum atomic E-state index is 14.4. The van der Waals surface area contributed by atoms with Crippen LogP contribution in [0.15, 0.2) is 72.8 Å². The van der Waals surface area contributed by atoms with E-state index in [1.807, 2.05) is 76.2 Å². The van der Waals surface area contributed by atoms with E-state index in [0.717, 1.165) is 19.7 Å². The summed E-state index contributed by atoms with van der Waals surface area (Å²) in [5.41, 5.74) is 2.97. The number of anilines is 1. The molecule has 0 spiro atoms. The maximum Gasteiger partial charge on any atom is 0.304 e. The highest BCUT2D eigenvalue weighted by molar-refractivity contribution is 7.90. The number of halogens is 1. The van der Waals surface area contributed by atoms with E-state index >= 15 is 0 Å². The lowest BCUT2D eigenvalue weighted by Crippen LogP contribution is -2.56. The van der Waals surface area contributed by atoms with Crippen molar-refractivity contribution in [1.82, 2.24) is 14.5 Å². The Hall–Kier alpha value is -3.40. The third-order valence-electron chi connectivity index (χ3n) is 6.66. The predicted molar refractivity (Wildman–Crippen MR) is 170 cm³/mol. The zero-order valence-corrected chi connectivity index (χ0v) is 27.0. The molecule has 42 heavy (non-hydrogen) atoms. The summed E-state index contributed by atoms with van der Waals surface area (Å²) in [6.45, 7) is 8.84. The van der Waals surface area contributed by atoms with Crippen molar-refractivity contribution in [1.29, 1.82) is 0 Å². The van der Waals surface area contributed by atoms with E-state index in [-0.39, 0.29) is 18.9 Å². The zero-order chi connectivity index (χ0) is 31.2. The molecule has 0 bridgehead atoms. The number of nitrogens with one attached hydrogen (secondary N) is 1. The molecular formula is C32H41ClN4O4S. The molecule has 2 amide bonds. The van der Waals surface area contributed by atoms with E-state index in [1.165, 1.54) is 19.0 Å². The van der Waals surface area contributed by atoms with Gasteiger partial charge in [0.1, 0.15) is 12.6 Å². The summed E-state index contributed by atoms with van der Waals surface area (Å²) in [5, 5.41) is 3.51. The van der Waals surface area contributed by atoms with Crippen molar-refractivity contribution in [3.05, 3.63) is 100 Å². The first-order valence-corrected chi connectivity index (χ1v) is 15.5. The molecule has 0 saturated heterocycles. The van der Waals surface area contributed by atoms with Crippen LogP contribution in [-0.2, 0) is 32.8 Å². The highest BCUT2D eigenvalue weighted by Gasteiger charge is 2.36. The Morgan fingerprint density at radius 1 is 0.905 bits per heavy atom. The SMILES string of the molecule is Cc1ccc(C)c(N(CC(=O)N(Cc2cccc(Cl)c2)[C@@H](Cc2ccccc2)C(=O)NC(C)(C)C)S(=O)(=O)N(C)C)c1. The fourth-order valence-electron chi connectivity index (χ4n) is 4.53. The summed E-state index contributed by atoms with van der Waals surface area (Å²) in [7, 11) is -1.22. The topological polar surface area (TPSA) is 90.0 Å². The molecule has 0 aliphatic carbocycles. The van der Waals surface area contributed by atoms with E-state index in [2.05, 4.69) is 5.32 Å². The summed E-state index contributed by atoms with van der Waals surface area (Å²) in [6.07, 6.45) is 0.235. The van der Waals surface area contributed by atoms with Gasteiger partial charge >= 0.3 is 10.2 Å². The van der Waals surface area contributed by atoms with Crippen LogP contribution in [0.5, 0.6) is 0 Å². The molecule has 0 saturated carbocycles. The Kier molecular flexibility index (Phi) is 10.8. The average Bonchev–Trinajstić information content (AvgIpc) is 2.90. The monoisotopic (exact) mass is 612 g/mol. The molecule has 0 aliphatic rings. The molecule has 10 heteroatoms. The molecule has 1 N–H and O–H groups in total. The number of aryl methyl sites for hydroxylation is 2. The molecule has 0 aliphatic heterocycles. The van der Waals surface area contributed by atoms with Gasteiger partial charge in [-0.1, -0.05) is 66.2 Å². The Morgan fingerprint density at radius 2 is 1.55 bits per heavy atom. The van der Waals surface area contributed by atoms with Crippen LogP contribution in [0.25, 0.3) is 0 Å². The van der Waals surface area contributed by atoms with E-state index in [4.69, 9.17) is 11.6 Å². The lowest BCUT2D eigenvalue weighted by Gasteiger charge is -2.36. The maximum absolute atomic E-state index is 14.4. The Labute approximate surface area is 255 Å².